The molecule has 0 aromatic carbocycles. The monoisotopic (exact) mass is 204 g/mol. The van der Waals surface area contributed by atoms with Gasteiger partial charge in [-0.05, 0) is 13.8 Å². The highest BCUT2D eigenvalue weighted by Gasteiger charge is 2.07. The van der Waals surface area contributed by atoms with E-state index >= 15 is 0 Å². The van der Waals surface area contributed by atoms with Crippen LogP contribution in [0.3, 0.4) is 0 Å². The first-order valence-corrected chi connectivity index (χ1v) is 4.81. The second kappa shape index (κ2) is 6.92. The summed E-state index contributed by atoms with van der Waals surface area (Å²) in [5.74, 6) is 0.0999. The van der Waals surface area contributed by atoms with E-state index in [-0.39, 0.29) is 5.91 Å². The summed E-state index contributed by atoms with van der Waals surface area (Å²) in [5, 5.41) is 3.43. The fourth-order valence-corrected chi connectivity index (χ4v) is 1.09. The zero-order valence-electron chi connectivity index (χ0n) is 8.27. The summed E-state index contributed by atoms with van der Waals surface area (Å²) in [6, 6.07) is 0. The molecule has 0 saturated carbocycles. The molecule has 0 aliphatic carbocycles. The molecule has 0 aliphatic heterocycles. The molecule has 0 aromatic rings. The van der Waals surface area contributed by atoms with Crippen molar-refractivity contribution in [2.45, 2.75) is 13.8 Å². The maximum Gasteiger partial charge on any atom is 0.236 e. The summed E-state index contributed by atoms with van der Waals surface area (Å²) < 4.78 is 0. The number of carbonyl (C=O) groups excluding carboxylic acids is 1. The van der Waals surface area contributed by atoms with Crippen LogP contribution < -0.4 is 5.32 Å². The van der Waals surface area contributed by atoms with E-state index in [4.69, 9.17) is 11.6 Å². The van der Waals surface area contributed by atoms with Gasteiger partial charge in [-0.2, -0.15) is 0 Å². The van der Waals surface area contributed by atoms with Crippen LogP contribution in [0, 0.1) is 0 Å². The smallest absolute Gasteiger partial charge is 0.236 e. The number of amides is 1. The van der Waals surface area contributed by atoms with Gasteiger partial charge in [-0.1, -0.05) is 18.2 Å². The van der Waals surface area contributed by atoms with E-state index in [1.165, 1.54) is 0 Å². The molecule has 0 aromatic heterocycles. The highest BCUT2D eigenvalue weighted by Crippen LogP contribution is 1.92. The summed E-state index contributed by atoms with van der Waals surface area (Å²) in [6.45, 7) is 9.74. The Balaban J connectivity index is 3.66. The summed E-state index contributed by atoms with van der Waals surface area (Å²) in [7, 11) is 0. The van der Waals surface area contributed by atoms with E-state index in [1.54, 1.807) is 4.90 Å². The molecule has 0 fully saturated rings. The summed E-state index contributed by atoms with van der Waals surface area (Å²) >= 11 is 5.53. The van der Waals surface area contributed by atoms with Crippen molar-refractivity contribution in [1.82, 2.24) is 10.2 Å². The number of carbonyl (C=O) groups is 1. The summed E-state index contributed by atoms with van der Waals surface area (Å²) in [4.78, 5) is 13.1. The van der Waals surface area contributed by atoms with E-state index < -0.39 is 0 Å². The molecule has 0 bridgehead atoms. The lowest BCUT2D eigenvalue weighted by molar-refractivity contribution is -0.129. The van der Waals surface area contributed by atoms with Gasteiger partial charge >= 0.3 is 0 Å². The Labute approximate surface area is 84.7 Å². The van der Waals surface area contributed by atoms with Crippen molar-refractivity contribution >= 4 is 17.5 Å². The largest absolute Gasteiger partial charge is 0.342 e. The van der Waals surface area contributed by atoms with Crippen molar-refractivity contribution in [3.63, 3.8) is 0 Å². The van der Waals surface area contributed by atoms with Crippen LogP contribution in [0.4, 0.5) is 0 Å². The number of nitrogens with zero attached hydrogens (tertiary/aromatic N) is 1. The fourth-order valence-electron chi connectivity index (χ4n) is 0.993. The standard InChI is InChI=1S/C9H17ClN2O/c1-4-12(5-2)9(13)7-11-6-8(3)10/h11H,3-7H2,1-2H3. The average Bonchev–Trinajstić information content (AvgIpc) is 2.05. The van der Waals surface area contributed by atoms with E-state index in [0.29, 0.717) is 18.1 Å². The van der Waals surface area contributed by atoms with Crippen LogP contribution in [0.1, 0.15) is 13.8 Å². The lowest BCUT2D eigenvalue weighted by atomic mass is 10.4. The maximum atomic E-state index is 11.4. The highest BCUT2D eigenvalue weighted by atomic mass is 35.5. The number of hydrogen-bond acceptors (Lipinski definition) is 2. The maximum absolute atomic E-state index is 11.4. The Morgan fingerprint density at radius 3 is 2.31 bits per heavy atom. The van der Waals surface area contributed by atoms with Crippen LogP contribution in [0.25, 0.3) is 0 Å². The van der Waals surface area contributed by atoms with Crippen molar-refractivity contribution in [3.05, 3.63) is 11.6 Å². The molecule has 0 rings (SSSR count). The second-order valence-corrected chi connectivity index (χ2v) is 3.22. The van der Waals surface area contributed by atoms with Crippen molar-refractivity contribution in [2.24, 2.45) is 0 Å². The van der Waals surface area contributed by atoms with Gasteiger partial charge in [0, 0.05) is 24.7 Å². The fraction of sp³-hybridized carbons (Fsp3) is 0.667. The van der Waals surface area contributed by atoms with Crippen molar-refractivity contribution < 1.29 is 4.79 Å². The van der Waals surface area contributed by atoms with Gasteiger partial charge in [0.15, 0.2) is 0 Å². The van der Waals surface area contributed by atoms with E-state index in [2.05, 4.69) is 11.9 Å². The molecule has 13 heavy (non-hydrogen) atoms. The molecule has 0 heterocycles. The Bertz CT molecular complexity index is 178. The van der Waals surface area contributed by atoms with Crippen LogP contribution in [-0.2, 0) is 4.79 Å². The number of rotatable bonds is 6. The van der Waals surface area contributed by atoms with Gasteiger partial charge in [0.1, 0.15) is 0 Å². The Morgan fingerprint density at radius 1 is 1.38 bits per heavy atom. The molecule has 0 radical (unpaired) electrons. The zero-order chi connectivity index (χ0) is 10.3. The molecule has 0 unspecified atom stereocenters. The van der Waals surface area contributed by atoms with Gasteiger partial charge in [0.2, 0.25) is 5.91 Å². The van der Waals surface area contributed by atoms with Gasteiger partial charge in [-0.3, -0.25) is 4.79 Å². The normalized spacial score (nSPS) is 9.77. The van der Waals surface area contributed by atoms with Gasteiger partial charge < -0.3 is 10.2 Å². The van der Waals surface area contributed by atoms with Crippen LogP contribution in [0.2, 0.25) is 0 Å². The molecule has 4 heteroatoms. The molecule has 1 amide bonds. The SMILES string of the molecule is C=C(Cl)CNCC(=O)N(CC)CC. The second-order valence-electron chi connectivity index (χ2n) is 2.69. The van der Waals surface area contributed by atoms with Crippen LogP contribution >= 0.6 is 11.6 Å². The highest BCUT2D eigenvalue weighted by molar-refractivity contribution is 6.29. The van der Waals surface area contributed by atoms with Crippen molar-refractivity contribution in [3.8, 4) is 0 Å². The lowest BCUT2D eigenvalue weighted by Crippen LogP contribution is -2.38. The van der Waals surface area contributed by atoms with Crippen LogP contribution in [0.5, 0.6) is 0 Å². The summed E-state index contributed by atoms with van der Waals surface area (Å²) in [5.41, 5.74) is 0. The molecule has 0 spiro atoms. The van der Waals surface area contributed by atoms with Gasteiger partial charge in [0.05, 0.1) is 6.54 Å². The minimum atomic E-state index is 0.0999. The molecular formula is C9H17ClN2O. The Hall–Kier alpha value is -0.540. The van der Waals surface area contributed by atoms with Crippen molar-refractivity contribution in [1.29, 1.82) is 0 Å². The van der Waals surface area contributed by atoms with Gasteiger partial charge in [-0.25, -0.2) is 0 Å². The predicted octanol–water partition coefficient (Wildman–Crippen LogP) is 1.20. The van der Waals surface area contributed by atoms with Crippen LogP contribution in [-0.4, -0.2) is 37.0 Å². The average molecular weight is 205 g/mol. The summed E-state index contributed by atoms with van der Waals surface area (Å²) in [6.07, 6.45) is 0. The molecule has 0 atom stereocenters. The molecule has 0 saturated heterocycles. The molecule has 1 N–H and O–H groups in total. The van der Waals surface area contributed by atoms with E-state index in [9.17, 15) is 4.79 Å². The molecule has 76 valence electrons. The molecule has 3 nitrogen and oxygen atoms in total. The zero-order valence-corrected chi connectivity index (χ0v) is 9.02. The number of hydrogen-bond donors (Lipinski definition) is 1. The first-order valence-electron chi connectivity index (χ1n) is 4.43. The third-order valence-electron chi connectivity index (χ3n) is 1.71. The quantitative estimate of drug-likeness (QED) is 0.705. The third kappa shape index (κ3) is 5.66. The van der Waals surface area contributed by atoms with Crippen LogP contribution in [0.15, 0.2) is 11.6 Å². The minimum Gasteiger partial charge on any atom is -0.342 e. The predicted molar refractivity (Wildman–Crippen MR) is 55.8 cm³/mol. The first-order chi connectivity index (χ1) is 6.11. The number of halogens is 1. The van der Waals surface area contributed by atoms with E-state index in [0.717, 1.165) is 13.1 Å². The lowest BCUT2D eigenvalue weighted by Gasteiger charge is -2.18. The third-order valence-corrected chi connectivity index (χ3v) is 1.84. The van der Waals surface area contributed by atoms with Crippen molar-refractivity contribution in [2.75, 3.05) is 26.2 Å². The minimum absolute atomic E-state index is 0.0999. The Kier molecular flexibility index (Phi) is 6.63. The van der Waals surface area contributed by atoms with Gasteiger partial charge in [-0.15, -0.1) is 0 Å². The molecule has 0 aliphatic rings. The Morgan fingerprint density at radius 2 is 1.92 bits per heavy atom. The number of nitrogens with one attached hydrogen (secondary N) is 1. The molecular weight excluding hydrogens is 188 g/mol. The first kappa shape index (κ1) is 12.5. The topological polar surface area (TPSA) is 32.3 Å². The van der Waals surface area contributed by atoms with E-state index in [1.807, 2.05) is 13.8 Å². The number of likely N-dealkylation sites (N-methyl/N-ethyl adjacent to an activating group) is 1. The van der Waals surface area contributed by atoms with Gasteiger partial charge in [0.25, 0.3) is 0 Å².